The molecule has 2 rings (SSSR count). The number of fused-ring (bicyclic) bond motifs is 1. The third-order valence-corrected chi connectivity index (χ3v) is 3.07. The van der Waals surface area contributed by atoms with Crippen molar-refractivity contribution in [2.45, 2.75) is 6.92 Å². The first kappa shape index (κ1) is 14.8. The molecule has 1 aromatic heterocycles. The molecule has 0 aliphatic heterocycles. The Kier molecular flexibility index (Phi) is 4.71. The molecule has 2 aromatic rings. The zero-order valence-corrected chi connectivity index (χ0v) is 12.1. The van der Waals surface area contributed by atoms with E-state index >= 15 is 0 Å². The van der Waals surface area contributed by atoms with Crippen molar-refractivity contribution in [2.75, 3.05) is 25.5 Å². The van der Waals surface area contributed by atoms with Crippen LogP contribution in [0.4, 0.5) is 5.82 Å². The van der Waals surface area contributed by atoms with Crippen LogP contribution < -0.4 is 16.0 Å². The lowest BCUT2D eigenvalue weighted by atomic mass is 10.1. The number of hydrogen-bond acceptors (Lipinski definition) is 4. The summed E-state index contributed by atoms with van der Waals surface area (Å²) < 4.78 is 0. The highest BCUT2D eigenvalue weighted by Crippen LogP contribution is 2.24. The van der Waals surface area contributed by atoms with Gasteiger partial charge >= 0.3 is 0 Å². The number of benzene rings is 1. The lowest BCUT2D eigenvalue weighted by molar-refractivity contribution is -0.119. The summed E-state index contributed by atoms with van der Waals surface area (Å²) in [4.78, 5) is 27.7. The zero-order chi connectivity index (χ0) is 15.2. The number of pyridine rings is 1. The molecular weight excluding hydrogens is 268 g/mol. The Morgan fingerprint density at radius 3 is 2.57 bits per heavy atom. The van der Waals surface area contributed by atoms with Crippen molar-refractivity contribution in [3.63, 3.8) is 0 Å². The van der Waals surface area contributed by atoms with Gasteiger partial charge in [-0.1, -0.05) is 24.3 Å². The molecule has 0 unspecified atom stereocenters. The molecule has 0 bridgehead atoms. The summed E-state index contributed by atoms with van der Waals surface area (Å²) in [6.07, 6.45) is 1.53. The lowest BCUT2D eigenvalue weighted by Gasteiger charge is -2.11. The predicted molar refractivity (Wildman–Crippen MR) is 82.3 cm³/mol. The van der Waals surface area contributed by atoms with E-state index in [0.717, 1.165) is 23.1 Å². The summed E-state index contributed by atoms with van der Waals surface area (Å²) in [5, 5.41) is 9.89. The van der Waals surface area contributed by atoms with Crippen molar-refractivity contribution in [3.05, 3.63) is 36.0 Å². The minimum absolute atomic E-state index is 0.0569. The van der Waals surface area contributed by atoms with E-state index in [-0.39, 0.29) is 18.4 Å². The Labute approximate surface area is 122 Å². The SMILES string of the molecule is CCNc1ncc(C(=O)NCC(=O)NC)c2ccccc12. The Morgan fingerprint density at radius 2 is 1.90 bits per heavy atom. The fraction of sp³-hybridized carbons (Fsp3) is 0.267. The van der Waals surface area contributed by atoms with Gasteiger partial charge in [0.1, 0.15) is 5.82 Å². The average Bonchev–Trinajstić information content (AvgIpc) is 2.52. The Balaban J connectivity index is 2.34. The van der Waals surface area contributed by atoms with Gasteiger partial charge in [0.25, 0.3) is 5.91 Å². The van der Waals surface area contributed by atoms with Crippen LogP contribution in [0.1, 0.15) is 17.3 Å². The molecule has 0 aliphatic carbocycles. The van der Waals surface area contributed by atoms with E-state index < -0.39 is 0 Å². The number of carbonyl (C=O) groups is 2. The molecule has 6 nitrogen and oxygen atoms in total. The fourth-order valence-corrected chi connectivity index (χ4v) is 2.03. The summed E-state index contributed by atoms with van der Waals surface area (Å²) in [5.74, 6) is 0.186. The largest absolute Gasteiger partial charge is 0.370 e. The van der Waals surface area contributed by atoms with E-state index in [0.29, 0.717) is 5.56 Å². The van der Waals surface area contributed by atoms with Gasteiger partial charge in [0.05, 0.1) is 12.1 Å². The second-order valence-electron chi connectivity index (χ2n) is 4.45. The average molecular weight is 286 g/mol. The standard InChI is InChI=1S/C15H18N4O2/c1-3-17-14-11-7-5-4-6-10(11)12(8-18-14)15(21)19-9-13(20)16-2/h4-8H,3,9H2,1-2H3,(H,16,20)(H,17,18)(H,19,21). The minimum atomic E-state index is -0.314. The molecule has 21 heavy (non-hydrogen) atoms. The molecule has 0 spiro atoms. The molecule has 0 fully saturated rings. The fourth-order valence-electron chi connectivity index (χ4n) is 2.03. The van der Waals surface area contributed by atoms with Crippen LogP contribution in [-0.4, -0.2) is 36.9 Å². The van der Waals surface area contributed by atoms with Crippen molar-refractivity contribution < 1.29 is 9.59 Å². The number of nitrogens with one attached hydrogen (secondary N) is 3. The summed E-state index contributed by atoms with van der Waals surface area (Å²) in [6, 6.07) is 7.55. The van der Waals surface area contributed by atoms with E-state index in [4.69, 9.17) is 0 Å². The highest BCUT2D eigenvalue weighted by atomic mass is 16.2. The Bertz CT molecular complexity index is 670. The van der Waals surface area contributed by atoms with E-state index in [2.05, 4.69) is 20.9 Å². The number of aromatic nitrogens is 1. The van der Waals surface area contributed by atoms with Crippen LogP contribution in [0.3, 0.4) is 0 Å². The van der Waals surface area contributed by atoms with Gasteiger partial charge in [-0.25, -0.2) is 4.98 Å². The number of amides is 2. The highest BCUT2D eigenvalue weighted by Gasteiger charge is 2.13. The molecular formula is C15H18N4O2. The topological polar surface area (TPSA) is 83.1 Å². The van der Waals surface area contributed by atoms with Crippen LogP contribution in [0.5, 0.6) is 0 Å². The van der Waals surface area contributed by atoms with Crippen LogP contribution in [0.25, 0.3) is 10.8 Å². The molecule has 0 saturated heterocycles. The normalized spacial score (nSPS) is 10.2. The molecule has 3 N–H and O–H groups in total. The molecule has 110 valence electrons. The molecule has 1 heterocycles. The summed E-state index contributed by atoms with van der Waals surface area (Å²) >= 11 is 0. The van der Waals surface area contributed by atoms with E-state index in [1.54, 1.807) is 0 Å². The quantitative estimate of drug-likeness (QED) is 0.770. The van der Waals surface area contributed by atoms with E-state index in [1.165, 1.54) is 13.2 Å². The molecule has 0 atom stereocenters. The number of nitrogens with zero attached hydrogens (tertiary/aromatic N) is 1. The van der Waals surface area contributed by atoms with Gasteiger partial charge in [-0.2, -0.15) is 0 Å². The summed E-state index contributed by atoms with van der Waals surface area (Å²) in [7, 11) is 1.52. The maximum Gasteiger partial charge on any atom is 0.253 e. The van der Waals surface area contributed by atoms with Crippen LogP contribution in [0.2, 0.25) is 0 Å². The molecule has 0 radical (unpaired) electrons. The predicted octanol–water partition coefficient (Wildman–Crippen LogP) is 1.14. The second-order valence-corrected chi connectivity index (χ2v) is 4.45. The lowest BCUT2D eigenvalue weighted by Crippen LogP contribution is -2.35. The van der Waals surface area contributed by atoms with Crippen molar-refractivity contribution in [3.8, 4) is 0 Å². The molecule has 1 aromatic carbocycles. The van der Waals surface area contributed by atoms with Crippen molar-refractivity contribution >= 4 is 28.4 Å². The number of anilines is 1. The second kappa shape index (κ2) is 6.69. The summed E-state index contributed by atoms with van der Waals surface area (Å²) in [6.45, 7) is 2.68. The number of likely N-dealkylation sites (N-methyl/N-ethyl adjacent to an activating group) is 1. The van der Waals surface area contributed by atoms with Crippen LogP contribution in [0, 0.1) is 0 Å². The number of hydrogen-bond donors (Lipinski definition) is 3. The molecule has 6 heteroatoms. The van der Waals surface area contributed by atoms with Crippen LogP contribution in [0.15, 0.2) is 30.5 Å². The van der Waals surface area contributed by atoms with Crippen molar-refractivity contribution in [1.82, 2.24) is 15.6 Å². The first-order valence-corrected chi connectivity index (χ1v) is 6.77. The maximum atomic E-state index is 12.2. The Morgan fingerprint density at radius 1 is 1.19 bits per heavy atom. The molecule has 0 aliphatic rings. The van der Waals surface area contributed by atoms with E-state index in [9.17, 15) is 9.59 Å². The number of carbonyl (C=O) groups excluding carboxylic acids is 2. The van der Waals surface area contributed by atoms with Crippen LogP contribution in [-0.2, 0) is 4.79 Å². The van der Waals surface area contributed by atoms with Gasteiger partial charge in [-0.3, -0.25) is 9.59 Å². The monoisotopic (exact) mass is 286 g/mol. The first-order chi connectivity index (χ1) is 10.2. The smallest absolute Gasteiger partial charge is 0.253 e. The van der Waals surface area contributed by atoms with Gasteiger partial charge in [0.15, 0.2) is 0 Å². The van der Waals surface area contributed by atoms with E-state index in [1.807, 2.05) is 31.2 Å². The number of rotatable bonds is 5. The molecule has 2 amide bonds. The highest BCUT2D eigenvalue weighted by molar-refractivity contribution is 6.09. The summed E-state index contributed by atoms with van der Waals surface area (Å²) in [5.41, 5.74) is 0.455. The Hall–Kier alpha value is -2.63. The van der Waals surface area contributed by atoms with Crippen molar-refractivity contribution in [1.29, 1.82) is 0 Å². The van der Waals surface area contributed by atoms with Gasteiger partial charge in [0, 0.05) is 25.2 Å². The first-order valence-electron chi connectivity index (χ1n) is 6.77. The van der Waals surface area contributed by atoms with Gasteiger partial charge in [-0.05, 0) is 12.3 Å². The molecule has 0 saturated carbocycles. The van der Waals surface area contributed by atoms with Gasteiger partial charge in [0.2, 0.25) is 5.91 Å². The van der Waals surface area contributed by atoms with Crippen LogP contribution >= 0.6 is 0 Å². The maximum absolute atomic E-state index is 12.2. The third kappa shape index (κ3) is 3.28. The van der Waals surface area contributed by atoms with Gasteiger partial charge in [-0.15, -0.1) is 0 Å². The minimum Gasteiger partial charge on any atom is -0.370 e. The zero-order valence-electron chi connectivity index (χ0n) is 12.1. The van der Waals surface area contributed by atoms with Gasteiger partial charge < -0.3 is 16.0 Å². The van der Waals surface area contributed by atoms with Crippen molar-refractivity contribution in [2.24, 2.45) is 0 Å². The third-order valence-electron chi connectivity index (χ3n) is 3.07.